The van der Waals surface area contributed by atoms with Gasteiger partial charge in [-0.3, -0.25) is 9.59 Å². The molecule has 1 heterocycles. The van der Waals surface area contributed by atoms with Gasteiger partial charge in [0.05, 0.1) is 23.3 Å². The Labute approximate surface area is 184 Å². The maximum Gasteiger partial charge on any atom is 0.272 e. The summed E-state index contributed by atoms with van der Waals surface area (Å²) in [6, 6.07) is 21.8. The van der Waals surface area contributed by atoms with E-state index in [2.05, 4.69) is 0 Å². The van der Waals surface area contributed by atoms with Crippen molar-refractivity contribution in [3.05, 3.63) is 93.9 Å². The third-order valence-corrected chi connectivity index (χ3v) is 6.11. The van der Waals surface area contributed by atoms with Crippen molar-refractivity contribution in [1.82, 2.24) is 0 Å². The van der Waals surface area contributed by atoms with Gasteiger partial charge in [-0.05, 0) is 60.5 Å². The lowest BCUT2D eigenvalue weighted by Gasteiger charge is -2.18. The van der Waals surface area contributed by atoms with Crippen LogP contribution in [0.5, 0.6) is 5.75 Å². The van der Waals surface area contributed by atoms with Crippen molar-refractivity contribution in [2.75, 3.05) is 12.0 Å². The molecule has 30 heavy (non-hydrogen) atoms. The van der Waals surface area contributed by atoms with E-state index < -0.39 is 0 Å². The molecule has 0 radical (unpaired) electrons. The van der Waals surface area contributed by atoms with Crippen LogP contribution in [0.25, 0.3) is 5.57 Å². The van der Waals surface area contributed by atoms with Crippen molar-refractivity contribution in [3.8, 4) is 5.75 Å². The molecule has 0 N–H and O–H groups in total. The highest BCUT2D eigenvalue weighted by Crippen LogP contribution is 2.42. The number of ether oxygens (including phenoxy) is 1. The molecule has 1 aliphatic rings. The Morgan fingerprint density at radius 3 is 2.23 bits per heavy atom. The van der Waals surface area contributed by atoms with Crippen LogP contribution < -0.4 is 9.64 Å². The number of anilines is 1. The van der Waals surface area contributed by atoms with E-state index in [-0.39, 0.29) is 11.8 Å². The number of rotatable bonds is 5. The molecule has 150 valence electrons. The van der Waals surface area contributed by atoms with Crippen molar-refractivity contribution < 1.29 is 14.3 Å². The van der Waals surface area contributed by atoms with Crippen molar-refractivity contribution >= 4 is 46.4 Å². The summed E-state index contributed by atoms with van der Waals surface area (Å²) in [7, 11) is 1.58. The summed E-state index contributed by atoms with van der Waals surface area (Å²) in [5.41, 5.74) is 2.33. The molecule has 0 saturated heterocycles. The minimum atomic E-state index is -0.353. The lowest BCUT2D eigenvalue weighted by molar-refractivity contribution is -0.119. The van der Waals surface area contributed by atoms with Gasteiger partial charge in [0.1, 0.15) is 5.75 Å². The van der Waals surface area contributed by atoms with Gasteiger partial charge in [0.2, 0.25) is 0 Å². The summed E-state index contributed by atoms with van der Waals surface area (Å²) in [5.74, 6) is -0.0158. The third-order valence-electron chi connectivity index (χ3n) is 4.78. The number of hydrogen-bond acceptors (Lipinski definition) is 4. The standard InChI is InChI=1S/C24H18ClNO3S/c1-15-14-17(25)10-13-20(15)26-23(27)21(16-8-11-18(29-2)12-9-16)22(24(26)28)30-19-6-4-3-5-7-19/h3-14H,1-2H3. The molecule has 3 aromatic rings. The number of nitrogens with zero attached hydrogens (tertiary/aromatic N) is 1. The Morgan fingerprint density at radius 2 is 1.60 bits per heavy atom. The molecule has 0 aliphatic carbocycles. The summed E-state index contributed by atoms with van der Waals surface area (Å²) in [4.78, 5) is 29.4. The summed E-state index contributed by atoms with van der Waals surface area (Å²) in [5, 5.41) is 0.553. The summed E-state index contributed by atoms with van der Waals surface area (Å²) >= 11 is 7.36. The molecule has 3 aromatic carbocycles. The Bertz CT molecular complexity index is 1160. The molecule has 0 unspecified atom stereocenters. The average Bonchev–Trinajstić information content (AvgIpc) is 2.99. The maximum atomic E-state index is 13.5. The minimum absolute atomic E-state index is 0.343. The number of thioether (sulfide) groups is 1. The fourth-order valence-electron chi connectivity index (χ4n) is 3.31. The monoisotopic (exact) mass is 435 g/mol. The van der Waals surface area contributed by atoms with E-state index in [0.717, 1.165) is 10.5 Å². The molecule has 0 fully saturated rings. The van der Waals surface area contributed by atoms with Crippen LogP contribution in [0.15, 0.2) is 82.6 Å². The van der Waals surface area contributed by atoms with E-state index in [0.29, 0.717) is 32.5 Å². The quantitative estimate of drug-likeness (QED) is 0.480. The minimum Gasteiger partial charge on any atom is -0.497 e. The van der Waals surface area contributed by atoms with E-state index in [1.807, 2.05) is 37.3 Å². The molecule has 0 atom stereocenters. The first-order chi connectivity index (χ1) is 14.5. The molecule has 0 aromatic heterocycles. The van der Waals surface area contributed by atoms with Crippen molar-refractivity contribution in [2.45, 2.75) is 11.8 Å². The zero-order valence-corrected chi connectivity index (χ0v) is 18.0. The Hall–Kier alpha value is -3.02. The lowest BCUT2D eigenvalue weighted by atomic mass is 10.1. The molecular formula is C24H18ClNO3S. The van der Waals surface area contributed by atoms with Gasteiger partial charge in [-0.1, -0.05) is 53.7 Å². The largest absolute Gasteiger partial charge is 0.497 e. The molecule has 2 amide bonds. The normalized spacial score (nSPS) is 13.9. The molecule has 4 nitrogen and oxygen atoms in total. The van der Waals surface area contributed by atoms with Crippen LogP contribution in [0, 0.1) is 6.92 Å². The van der Waals surface area contributed by atoms with Gasteiger partial charge >= 0.3 is 0 Å². The predicted molar refractivity (Wildman–Crippen MR) is 121 cm³/mol. The fourth-order valence-corrected chi connectivity index (χ4v) is 4.55. The number of hydrogen-bond donors (Lipinski definition) is 0. The summed E-state index contributed by atoms with van der Waals surface area (Å²) < 4.78 is 5.22. The SMILES string of the molecule is COc1ccc(C2=C(Sc3ccccc3)C(=O)N(c3ccc(Cl)cc3C)C2=O)cc1. The van der Waals surface area contributed by atoms with Gasteiger partial charge in [0, 0.05) is 9.92 Å². The van der Waals surface area contributed by atoms with Crippen LogP contribution in [0.1, 0.15) is 11.1 Å². The molecule has 4 rings (SSSR count). The number of methoxy groups -OCH3 is 1. The van der Waals surface area contributed by atoms with Crippen LogP contribution >= 0.6 is 23.4 Å². The summed E-state index contributed by atoms with van der Waals surface area (Å²) in [6.45, 7) is 1.83. The van der Waals surface area contributed by atoms with Crippen molar-refractivity contribution in [1.29, 1.82) is 0 Å². The van der Waals surface area contributed by atoms with Gasteiger partial charge in [-0.2, -0.15) is 0 Å². The maximum absolute atomic E-state index is 13.5. The molecular weight excluding hydrogens is 418 g/mol. The van der Waals surface area contributed by atoms with Gasteiger partial charge in [-0.25, -0.2) is 4.90 Å². The average molecular weight is 436 g/mol. The number of imide groups is 1. The van der Waals surface area contributed by atoms with E-state index in [1.165, 1.54) is 16.7 Å². The van der Waals surface area contributed by atoms with Crippen LogP contribution in [-0.4, -0.2) is 18.9 Å². The smallest absolute Gasteiger partial charge is 0.272 e. The van der Waals surface area contributed by atoms with E-state index in [9.17, 15) is 9.59 Å². The van der Waals surface area contributed by atoms with Crippen molar-refractivity contribution in [3.63, 3.8) is 0 Å². The second kappa shape index (κ2) is 8.38. The van der Waals surface area contributed by atoms with Gasteiger partial charge in [0.25, 0.3) is 11.8 Å². The molecule has 1 aliphatic heterocycles. The zero-order chi connectivity index (χ0) is 21.3. The van der Waals surface area contributed by atoms with Crippen LogP contribution in [0.4, 0.5) is 5.69 Å². The Morgan fingerprint density at radius 1 is 0.900 bits per heavy atom. The number of aryl methyl sites for hydroxylation is 1. The number of benzene rings is 3. The number of amides is 2. The highest BCUT2D eigenvalue weighted by molar-refractivity contribution is 8.04. The van der Waals surface area contributed by atoms with Crippen LogP contribution in [0.3, 0.4) is 0 Å². The second-order valence-electron chi connectivity index (χ2n) is 6.72. The number of carbonyl (C=O) groups excluding carboxylic acids is 2. The molecule has 0 saturated carbocycles. The second-order valence-corrected chi connectivity index (χ2v) is 8.24. The van der Waals surface area contributed by atoms with E-state index in [1.54, 1.807) is 49.6 Å². The lowest BCUT2D eigenvalue weighted by Crippen LogP contribution is -2.31. The molecule has 0 bridgehead atoms. The van der Waals surface area contributed by atoms with Gasteiger partial charge in [0.15, 0.2) is 0 Å². The van der Waals surface area contributed by atoms with E-state index in [4.69, 9.17) is 16.3 Å². The third kappa shape index (κ3) is 3.74. The highest BCUT2D eigenvalue weighted by Gasteiger charge is 2.41. The first kappa shape index (κ1) is 20.3. The highest BCUT2D eigenvalue weighted by atomic mass is 35.5. The first-order valence-corrected chi connectivity index (χ1v) is 10.5. The molecule has 6 heteroatoms. The van der Waals surface area contributed by atoms with Crippen LogP contribution in [-0.2, 0) is 9.59 Å². The number of carbonyl (C=O) groups is 2. The summed E-state index contributed by atoms with van der Waals surface area (Å²) in [6.07, 6.45) is 0. The zero-order valence-electron chi connectivity index (χ0n) is 16.4. The Balaban J connectivity index is 1.83. The predicted octanol–water partition coefficient (Wildman–Crippen LogP) is 5.73. The Kier molecular flexibility index (Phi) is 5.66. The van der Waals surface area contributed by atoms with Crippen molar-refractivity contribution in [2.24, 2.45) is 0 Å². The van der Waals surface area contributed by atoms with Crippen LogP contribution in [0.2, 0.25) is 5.02 Å². The van der Waals surface area contributed by atoms with Gasteiger partial charge in [-0.15, -0.1) is 0 Å². The molecule has 0 spiro atoms. The van der Waals surface area contributed by atoms with Gasteiger partial charge < -0.3 is 4.74 Å². The number of halogens is 1. The van der Waals surface area contributed by atoms with E-state index >= 15 is 0 Å². The fraction of sp³-hybridized carbons (Fsp3) is 0.0833. The first-order valence-electron chi connectivity index (χ1n) is 9.26. The topological polar surface area (TPSA) is 46.6 Å².